The van der Waals surface area contributed by atoms with Gasteiger partial charge in [0, 0.05) is 11.6 Å². The van der Waals surface area contributed by atoms with E-state index in [2.05, 4.69) is 12.2 Å². The molecule has 2 rings (SSSR count). The van der Waals surface area contributed by atoms with Gasteiger partial charge in [-0.15, -0.1) is 0 Å². The van der Waals surface area contributed by atoms with Crippen molar-refractivity contribution in [3.63, 3.8) is 0 Å². The first kappa shape index (κ1) is 9.06. The predicted octanol–water partition coefficient (Wildman–Crippen LogP) is 1.53. The van der Waals surface area contributed by atoms with Crippen molar-refractivity contribution >= 4 is 5.91 Å². The summed E-state index contributed by atoms with van der Waals surface area (Å²) in [5.41, 5.74) is 0.599. The van der Waals surface area contributed by atoms with Crippen LogP contribution < -0.4 is 5.32 Å². The van der Waals surface area contributed by atoms with Crippen molar-refractivity contribution in [1.82, 2.24) is 5.32 Å². The van der Waals surface area contributed by atoms with Crippen LogP contribution in [0.4, 0.5) is 0 Å². The van der Waals surface area contributed by atoms with Gasteiger partial charge in [-0.05, 0) is 36.6 Å². The number of phenolic OH excluding ortho intramolecular Hbond substituents is 1. The summed E-state index contributed by atoms with van der Waals surface area (Å²) < 4.78 is 0. The van der Waals surface area contributed by atoms with E-state index in [9.17, 15) is 4.79 Å². The first-order valence-electron chi connectivity index (χ1n) is 4.76. The molecule has 3 nitrogen and oxygen atoms in total. The van der Waals surface area contributed by atoms with E-state index in [0.717, 1.165) is 6.42 Å². The molecular formula is C11H13NO2. The summed E-state index contributed by atoms with van der Waals surface area (Å²) in [4.78, 5) is 11.6. The zero-order valence-corrected chi connectivity index (χ0v) is 8.03. The Kier molecular flexibility index (Phi) is 2.15. The summed E-state index contributed by atoms with van der Waals surface area (Å²) in [5.74, 6) is 0.733. The van der Waals surface area contributed by atoms with Crippen molar-refractivity contribution in [3.05, 3.63) is 29.8 Å². The van der Waals surface area contributed by atoms with Gasteiger partial charge in [-0.3, -0.25) is 4.79 Å². The van der Waals surface area contributed by atoms with E-state index in [1.54, 1.807) is 12.1 Å². The Morgan fingerprint density at radius 2 is 2.00 bits per heavy atom. The molecule has 14 heavy (non-hydrogen) atoms. The smallest absolute Gasteiger partial charge is 0.251 e. The first-order chi connectivity index (χ1) is 6.66. The second-order valence-corrected chi connectivity index (χ2v) is 3.84. The topological polar surface area (TPSA) is 49.3 Å². The molecule has 2 atom stereocenters. The number of hydrogen-bond acceptors (Lipinski definition) is 2. The van der Waals surface area contributed by atoms with E-state index in [-0.39, 0.29) is 11.7 Å². The summed E-state index contributed by atoms with van der Waals surface area (Å²) in [6, 6.07) is 6.63. The van der Waals surface area contributed by atoms with E-state index in [1.807, 2.05) is 0 Å². The van der Waals surface area contributed by atoms with Gasteiger partial charge in [-0.25, -0.2) is 0 Å². The van der Waals surface area contributed by atoms with Crippen LogP contribution in [-0.2, 0) is 0 Å². The molecule has 74 valence electrons. The second-order valence-electron chi connectivity index (χ2n) is 3.84. The van der Waals surface area contributed by atoms with Crippen molar-refractivity contribution in [2.24, 2.45) is 5.92 Å². The monoisotopic (exact) mass is 191 g/mol. The maximum atomic E-state index is 11.6. The number of carbonyl (C=O) groups excluding carboxylic acids is 1. The van der Waals surface area contributed by atoms with Gasteiger partial charge in [0.15, 0.2) is 0 Å². The Hall–Kier alpha value is -1.51. The summed E-state index contributed by atoms with van der Waals surface area (Å²) in [7, 11) is 0. The number of phenols is 1. The van der Waals surface area contributed by atoms with Crippen LogP contribution in [0.5, 0.6) is 5.75 Å². The van der Waals surface area contributed by atoms with Gasteiger partial charge in [0.05, 0.1) is 0 Å². The number of amides is 1. The lowest BCUT2D eigenvalue weighted by Crippen LogP contribution is -2.26. The quantitative estimate of drug-likeness (QED) is 0.744. The maximum absolute atomic E-state index is 11.6. The van der Waals surface area contributed by atoms with Crippen LogP contribution in [0.15, 0.2) is 24.3 Å². The Morgan fingerprint density at radius 1 is 1.43 bits per heavy atom. The SMILES string of the molecule is CC1CC1NC(=O)c1ccc(O)cc1. The second kappa shape index (κ2) is 3.33. The van der Waals surface area contributed by atoms with E-state index < -0.39 is 0 Å². The normalized spacial score (nSPS) is 24.4. The summed E-state index contributed by atoms with van der Waals surface area (Å²) >= 11 is 0. The van der Waals surface area contributed by atoms with Crippen molar-refractivity contribution in [3.8, 4) is 5.75 Å². The fourth-order valence-corrected chi connectivity index (χ4v) is 1.39. The number of carbonyl (C=O) groups is 1. The minimum Gasteiger partial charge on any atom is -0.508 e. The van der Waals surface area contributed by atoms with Crippen LogP contribution in [-0.4, -0.2) is 17.1 Å². The molecule has 0 saturated heterocycles. The van der Waals surface area contributed by atoms with Crippen LogP contribution in [0.25, 0.3) is 0 Å². The molecule has 1 saturated carbocycles. The third-order valence-electron chi connectivity index (χ3n) is 2.56. The molecular weight excluding hydrogens is 178 g/mol. The number of aromatic hydroxyl groups is 1. The third kappa shape index (κ3) is 1.87. The highest BCUT2D eigenvalue weighted by Crippen LogP contribution is 2.29. The molecule has 0 aliphatic heterocycles. The molecule has 0 aromatic heterocycles. The number of nitrogens with one attached hydrogen (secondary N) is 1. The van der Waals surface area contributed by atoms with E-state index in [4.69, 9.17) is 5.11 Å². The summed E-state index contributed by atoms with van der Waals surface area (Å²) in [5, 5.41) is 12.0. The van der Waals surface area contributed by atoms with Crippen molar-refractivity contribution in [2.45, 2.75) is 19.4 Å². The highest BCUT2D eigenvalue weighted by molar-refractivity contribution is 5.94. The number of hydrogen-bond donors (Lipinski definition) is 2. The lowest BCUT2D eigenvalue weighted by Gasteiger charge is -2.03. The zero-order chi connectivity index (χ0) is 10.1. The Balaban J connectivity index is 2.00. The molecule has 2 unspecified atom stereocenters. The third-order valence-corrected chi connectivity index (χ3v) is 2.56. The molecule has 3 heteroatoms. The molecule has 1 aliphatic rings. The predicted molar refractivity (Wildman–Crippen MR) is 53.1 cm³/mol. The Bertz CT molecular complexity index is 345. The van der Waals surface area contributed by atoms with Crippen LogP contribution >= 0.6 is 0 Å². The molecule has 1 amide bonds. The maximum Gasteiger partial charge on any atom is 0.251 e. The average Bonchev–Trinajstić information content (AvgIpc) is 2.82. The largest absolute Gasteiger partial charge is 0.508 e. The standard InChI is InChI=1S/C11H13NO2/c1-7-6-10(7)12-11(14)8-2-4-9(13)5-3-8/h2-5,7,10,13H,6H2,1H3,(H,12,14). The molecule has 1 fully saturated rings. The lowest BCUT2D eigenvalue weighted by molar-refractivity contribution is 0.0949. The van der Waals surface area contributed by atoms with E-state index in [0.29, 0.717) is 17.5 Å². The van der Waals surface area contributed by atoms with Crippen LogP contribution in [0.3, 0.4) is 0 Å². The minimum atomic E-state index is -0.0562. The molecule has 2 N–H and O–H groups in total. The number of benzene rings is 1. The molecule has 0 spiro atoms. The highest BCUT2D eigenvalue weighted by Gasteiger charge is 2.33. The van der Waals surface area contributed by atoms with E-state index >= 15 is 0 Å². The molecule has 0 heterocycles. The fraction of sp³-hybridized carbons (Fsp3) is 0.364. The molecule has 0 radical (unpaired) electrons. The fourth-order valence-electron chi connectivity index (χ4n) is 1.39. The zero-order valence-electron chi connectivity index (χ0n) is 8.03. The molecule has 1 aromatic carbocycles. The Labute approximate surface area is 82.8 Å². The van der Waals surface area contributed by atoms with Gasteiger partial charge in [-0.1, -0.05) is 6.92 Å². The van der Waals surface area contributed by atoms with Crippen LogP contribution in [0, 0.1) is 5.92 Å². The van der Waals surface area contributed by atoms with Gasteiger partial charge in [-0.2, -0.15) is 0 Å². The van der Waals surface area contributed by atoms with Gasteiger partial charge in [0.1, 0.15) is 5.75 Å². The van der Waals surface area contributed by atoms with Crippen LogP contribution in [0.1, 0.15) is 23.7 Å². The highest BCUT2D eigenvalue weighted by atomic mass is 16.3. The van der Waals surface area contributed by atoms with E-state index in [1.165, 1.54) is 12.1 Å². The van der Waals surface area contributed by atoms with Crippen LogP contribution in [0.2, 0.25) is 0 Å². The summed E-state index contributed by atoms with van der Waals surface area (Å²) in [6.45, 7) is 2.11. The van der Waals surface area contributed by atoms with Crippen molar-refractivity contribution in [1.29, 1.82) is 0 Å². The van der Waals surface area contributed by atoms with Crippen molar-refractivity contribution in [2.75, 3.05) is 0 Å². The van der Waals surface area contributed by atoms with Gasteiger partial charge >= 0.3 is 0 Å². The van der Waals surface area contributed by atoms with Gasteiger partial charge < -0.3 is 10.4 Å². The Morgan fingerprint density at radius 3 is 2.50 bits per heavy atom. The van der Waals surface area contributed by atoms with Gasteiger partial charge in [0.25, 0.3) is 5.91 Å². The molecule has 0 bridgehead atoms. The number of rotatable bonds is 2. The molecule has 1 aliphatic carbocycles. The van der Waals surface area contributed by atoms with Crippen molar-refractivity contribution < 1.29 is 9.90 Å². The van der Waals surface area contributed by atoms with Gasteiger partial charge in [0.2, 0.25) is 0 Å². The molecule has 1 aromatic rings. The first-order valence-corrected chi connectivity index (χ1v) is 4.76. The lowest BCUT2D eigenvalue weighted by atomic mass is 10.2. The summed E-state index contributed by atoms with van der Waals surface area (Å²) in [6.07, 6.45) is 1.07. The average molecular weight is 191 g/mol. The minimum absolute atomic E-state index is 0.0562.